The molecule has 1 aliphatic rings. The van der Waals surface area contributed by atoms with Gasteiger partial charge in [0, 0.05) is 11.8 Å². The minimum Gasteiger partial charge on any atom is -0.486 e. The van der Waals surface area contributed by atoms with E-state index in [9.17, 15) is 4.79 Å². The first-order chi connectivity index (χ1) is 13.1. The molecule has 6 nitrogen and oxygen atoms in total. The molecule has 0 fully saturated rings. The molecule has 1 amide bonds. The highest BCUT2D eigenvalue weighted by molar-refractivity contribution is 6.33. The smallest absolute Gasteiger partial charge is 0.260 e. The fourth-order valence-electron chi connectivity index (χ4n) is 2.99. The quantitative estimate of drug-likeness (QED) is 0.741. The number of halogens is 1. The van der Waals surface area contributed by atoms with Crippen molar-refractivity contribution in [2.45, 2.75) is 13.5 Å². The maximum atomic E-state index is 12.8. The van der Waals surface area contributed by atoms with E-state index in [1.807, 2.05) is 30.3 Å². The number of benzene rings is 2. The predicted octanol–water partition coefficient (Wildman–Crippen LogP) is 3.92. The Bertz CT molecular complexity index is 986. The van der Waals surface area contributed by atoms with Crippen LogP contribution in [0.15, 0.2) is 48.5 Å². The van der Waals surface area contributed by atoms with Crippen molar-refractivity contribution in [3.8, 4) is 11.5 Å². The molecule has 1 aliphatic heterocycles. The van der Waals surface area contributed by atoms with Gasteiger partial charge in [-0.3, -0.25) is 4.79 Å². The van der Waals surface area contributed by atoms with E-state index < -0.39 is 0 Å². The van der Waals surface area contributed by atoms with Gasteiger partial charge in [0.05, 0.1) is 17.8 Å². The van der Waals surface area contributed by atoms with Crippen LogP contribution in [0.4, 0.5) is 5.69 Å². The molecule has 27 heavy (non-hydrogen) atoms. The second-order valence-electron chi connectivity index (χ2n) is 6.21. The number of aromatic nitrogens is 2. The summed E-state index contributed by atoms with van der Waals surface area (Å²) in [7, 11) is 0. The first-order valence-corrected chi connectivity index (χ1v) is 8.97. The van der Waals surface area contributed by atoms with Gasteiger partial charge in [-0.15, -0.1) is 0 Å². The van der Waals surface area contributed by atoms with Gasteiger partial charge in [-0.1, -0.05) is 41.9 Å². The number of ether oxygens (including phenoxy) is 2. The Labute approximate surface area is 161 Å². The van der Waals surface area contributed by atoms with Gasteiger partial charge in [-0.2, -0.15) is 5.10 Å². The van der Waals surface area contributed by atoms with Crippen molar-refractivity contribution in [3.63, 3.8) is 0 Å². The number of rotatable bonds is 4. The van der Waals surface area contributed by atoms with Crippen molar-refractivity contribution in [2.75, 3.05) is 18.5 Å². The average molecular weight is 384 g/mol. The van der Waals surface area contributed by atoms with Gasteiger partial charge in [-0.05, 0) is 24.6 Å². The Balaban J connectivity index is 1.55. The molecule has 4 rings (SSSR count). The van der Waals surface area contributed by atoms with Gasteiger partial charge in [-0.25, -0.2) is 4.68 Å². The molecular weight excluding hydrogens is 366 g/mol. The fraction of sp³-hybridized carbons (Fsp3) is 0.200. The monoisotopic (exact) mass is 383 g/mol. The van der Waals surface area contributed by atoms with E-state index in [4.69, 9.17) is 21.1 Å². The molecule has 0 saturated carbocycles. The van der Waals surface area contributed by atoms with E-state index in [-0.39, 0.29) is 5.91 Å². The average Bonchev–Trinajstić information content (AvgIpc) is 2.95. The molecule has 3 aromatic rings. The minimum atomic E-state index is -0.312. The number of hydrogen-bond donors (Lipinski definition) is 1. The SMILES string of the molecule is Cc1nn(Cc2ccccc2)c(Cl)c1C(=O)Nc1ccc2c(c1)OCCO2. The van der Waals surface area contributed by atoms with E-state index in [1.54, 1.807) is 29.8 Å². The van der Waals surface area contributed by atoms with Gasteiger partial charge < -0.3 is 14.8 Å². The van der Waals surface area contributed by atoms with Crippen LogP contribution < -0.4 is 14.8 Å². The molecule has 0 bridgehead atoms. The van der Waals surface area contributed by atoms with Gasteiger partial charge in [0.15, 0.2) is 11.5 Å². The van der Waals surface area contributed by atoms with Crippen LogP contribution in [-0.2, 0) is 6.54 Å². The van der Waals surface area contributed by atoms with E-state index in [0.29, 0.717) is 53.4 Å². The summed E-state index contributed by atoms with van der Waals surface area (Å²) in [6, 6.07) is 15.1. The zero-order chi connectivity index (χ0) is 18.8. The van der Waals surface area contributed by atoms with Crippen LogP contribution in [0.3, 0.4) is 0 Å². The first kappa shape index (κ1) is 17.4. The van der Waals surface area contributed by atoms with Crippen molar-refractivity contribution in [3.05, 3.63) is 70.5 Å². The van der Waals surface area contributed by atoms with E-state index in [1.165, 1.54) is 0 Å². The highest BCUT2D eigenvalue weighted by Gasteiger charge is 2.21. The molecule has 1 aromatic heterocycles. The van der Waals surface area contributed by atoms with Crippen LogP contribution >= 0.6 is 11.6 Å². The Morgan fingerprint density at radius 2 is 1.89 bits per heavy atom. The van der Waals surface area contributed by atoms with Crippen molar-refractivity contribution < 1.29 is 14.3 Å². The lowest BCUT2D eigenvalue weighted by molar-refractivity contribution is 0.102. The summed E-state index contributed by atoms with van der Waals surface area (Å²) >= 11 is 6.45. The number of fused-ring (bicyclic) bond motifs is 1. The van der Waals surface area contributed by atoms with Crippen LogP contribution in [0.2, 0.25) is 5.15 Å². The van der Waals surface area contributed by atoms with E-state index in [0.717, 1.165) is 5.56 Å². The van der Waals surface area contributed by atoms with Crippen molar-refractivity contribution in [1.29, 1.82) is 0 Å². The summed E-state index contributed by atoms with van der Waals surface area (Å²) in [5, 5.41) is 7.58. The van der Waals surface area contributed by atoms with Gasteiger partial charge in [0.1, 0.15) is 18.4 Å². The Morgan fingerprint density at radius 3 is 2.67 bits per heavy atom. The van der Waals surface area contributed by atoms with Crippen LogP contribution in [0, 0.1) is 6.92 Å². The zero-order valence-corrected chi connectivity index (χ0v) is 15.5. The van der Waals surface area contributed by atoms with Crippen molar-refractivity contribution in [2.24, 2.45) is 0 Å². The number of nitrogens with zero attached hydrogens (tertiary/aromatic N) is 2. The highest BCUT2D eigenvalue weighted by atomic mass is 35.5. The fourth-order valence-corrected chi connectivity index (χ4v) is 3.31. The first-order valence-electron chi connectivity index (χ1n) is 8.59. The minimum absolute atomic E-state index is 0.311. The summed E-state index contributed by atoms with van der Waals surface area (Å²) < 4.78 is 12.7. The molecular formula is C20H18ClN3O3. The van der Waals surface area contributed by atoms with Crippen LogP contribution in [-0.4, -0.2) is 28.9 Å². The molecule has 0 aliphatic carbocycles. The molecule has 2 heterocycles. The normalized spacial score (nSPS) is 12.7. The summed E-state index contributed by atoms with van der Waals surface area (Å²) in [5.74, 6) is 0.972. The third-order valence-corrected chi connectivity index (χ3v) is 4.65. The number of nitrogens with one attached hydrogen (secondary N) is 1. The molecule has 1 N–H and O–H groups in total. The second kappa shape index (κ2) is 7.32. The lowest BCUT2D eigenvalue weighted by atomic mass is 10.2. The summed E-state index contributed by atoms with van der Waals surface area (Å²) in [5.41, 5.74) is 2.60. The van der Waals surface area contributed by atoms with Gasteiger partial charge in [0.2, 0.25) is 0 Å². The van der Waals surface area contributed by atoms with Crippen LogP contribution in [0.25, 0.3) is 0 Å². The van der Waals surface area contributed by atoms with Gasteiger partial charge in [0.25, 0.3) is 5.91 Å². The van der Waals surface area contributed by atoms with Crippen molar-refractivity contribution in [1.82, 2.24) is 9.78 Å². The predicted molar refractivity (Wildman–Crippen MR) is 103 cm³/mol. The van der Waals surface area contributed by atoms with Crippen LogP contribution in [0.5, 0.6) is 11.5 Å². The highest BCUT2D eigenvalue weighted by Crippen LogP contribution is 2.33. The number of aryl methyl sites for hydroxylation is 1. The largest absolute Gasteiger partial charge is 0.486 e. The lowest BCUT2D eigenvalue weighted by Crippen LogP contribution is -2.17. The Morgan fingerprint density at radius 1 is 1.15 bits per heavy atom. The number of carbonyl (C=O) groups excluding carboxylic acids is 1. The third kappa shape index (κ3) is 3.61. The zero-order valence-electron chi connectivity index (χ0n) is 14.7. The van der Waals surface area contributed by atoms with Gasteiger partial charge >= 0.3 is 0 Å². The molecule has 0 spiro atoms. The molecule has 0 unspecified atom stereocenters. The number of amides is 1. The number of carbonyl (C=O) groups is 1. The lowest BCUT2D eigenvalue weighted by Gasteiger charge is -2.19. The summed E-state index contributed by atoms with van der Waals surface area (Å²) in [4.78, 5) is 12.8. The Kier molecular flexibility index (Phi) is 4.73. The Hall–Kier alpha value is -2.99. The molecule has 0 saturated heterocycles. The van der Waals surface area contributed by atoms with Crippen molar-refractivity contribution >= 4 is 23.2 Å². The molecule has 138 valence electrons. The topological polar surface area (TPSA) is 65.4 Å². The maximum Gasteiger partial charge on any atom is 0.260 e. The molecule has 0 atom stereocenters. The molecule has 2 aromatic carbocycles. The summed E-state index contributed by atoms with van der Waals surface area (Å²) in [6.45, 7) is 3.28. The molecule has 0 radical (unpaired) electrons. The number of hydrogen-bond acceptors (Lipinski definition) is 4. The maximum absolute atomic E-state index is 12.8. The third-order valence-electron chi connectivity index (χ3n) is 4.27. The summed E-state index contributed by atoms with van der Waals surface area (Å²) in [6.07, 6.45) is 0. The van der Waals surface area contributed by atoms with Crippen LogP contribution in [0.1, 0.15) is 21.6 Å². The number of anilines is 1. The second-order valence-corrected chi connectivity index (χ2v) is 6.57. The standard InChI is InChI=1S/C20H18ClN3O3/c1-13-18(19(21)24(23-13)12-14-5-3-2-4-6-14)20(25)22-15-7-8-16-17(11-15)27-10-9-26-16/h2-8,11H,9-10,12H2,1H3,(H,22,25). The van der Waals surface area contributed by atoms with E-state index in [2.05, 4.69) is 10.4 Å². The van der Waals surface area contributed by atoms with E-state index >= 15 is 0 Å². The molecule has 7 heteroatoms.